The number of allylic oxidation sites excluding steroid dienone is 1. The maximum absolute atomic E-state index is 13.4. The van der Waals surface area contributed by atoms with Gasteiger partial charge in [0.1, 0.15) is 4.83 Å². The molecule has 2 amide bonds. The van der Waals surface area contributed by atoms with Crippen LogP contribution in [0.5, 0.6) is 0 Å². The summed E-state index contributed by atoms with van der Waals surface area (Å²) in [4.78, 5) is 47.6. The van der Waals surface area contributed by atoms with Crippen molar-refractivity contribution in [3.8, 4) is 0 Å². The number of hydrogen-bond acceptors (Lipinski definition) is 6. The predicted molar refractivity (Wildman–Crippen MR) is 135 cm³/mol. The van der Waals surface area contributed by atoms with Crippen LogP contribution in [0.4, 0.5) is 0 Å². The fourth-order valence-corrected chi connectivity index (χ4v) is 6.28. The highest BCUT2D eigenvalue weighted by Gasteiger charge is 2.33. The second-order valence-electron chi connectivity index (χ2n) is 7.97. The van der Waals surface area contributed by atoms with E-state index in [-0.39, 0.29) is 17.4 Å². The standard InChI is InChI=1S/C24H24ClN3O3S2/c1-4-12-28-23(31)19-14(2)15(3)32-20(19)26-24(28)33-18-7-5-6-13-27(22(18)30)21(29)16-8-10-17(25)11-9-16/h4,8-11,18H,1,5-7,12-13H2,2-3H3. The van der Waals surface area contributed by atoms with Crippen molar-refractivity contribution in [1.82, 2.24) is 14.5 Å². The van der Waals surface area contributed by atoms with Gasteiger partial charge < -0.3 is 0 Å². The number of thiophene rings is 1. The zero-order chi connectivity index (χ0) is 23.7. The van der Waals surface area contributed by atoms with Gasteiger partial charge >= 0.3 is 0 Å². The molecule has 0 saturated carbocycles. The summed E-state index contributed by atoms with van der Waals surface area (Å²) in [5, 5.41) is 1.12. The normalized spacial score (nSPS) is 16.8. The smallest absolute Gasteiger partial charge is 0.263 e. The zero-order valence-corrected chi connectivity index (χ0v) is 20.9. The van der Waals surface area contributed by atoms with Crippen molar-refractivity contribution in [2.24, 2.45) is 0 Å². The first-order chi connectivity index (χ1) is 15.8. The molecular weight excluding hydrogens is 478 g/mol. The minimum atomic E-state index is -0.508. The van der Waals surface area contributed by atoms with Gasteiger partial charge in [-0.1, -0.05) is 35.9 Å². The number of hydrogen-bond donors (Lipinski definition) is 0. The van der Waals surface area contributed by atoms with Crippen molar-refractivity contribution < 1.29 is 9.59 Å². The van der Waals surface area contributed by atoms with Gasteiger partial charge in [0.15, 0.2) is 5.16 Å². The number of amides is 2. The van der Waals surface area contributed by atoms with Gasteiger partial charge in [-0.3, -0.25) is 23.9 Å². The lowest BCUT2D eigenvalue weighted by Gasteiger charge is -2.23. The van der Waals surface area contributed by atoms with E-state index in [1.54, 1.807) is 34.9 Å². The minimum absolute atomic E-state index is 0.126. The van der Waals surface area contributed by atoms with Gasteiger partial charge in [0.2, 0.25) is 5.91 Å². The van der Waals surface area contributed by atoms with Crippen molar-refractivity contribution >= 4 is 56.7 Å². The Morgan fingerprint density at radius 2 is 2.00 bits per heavy atom. The van der Waals surface area contributed by atoms with Gasteiger partial charge in [-0.05, 0) is 56.5 Å². The third kappa shape index (κ3) is 4.65. The maximum atomic E-state index is 13.4. The van der Waals surface area contributed by atoms with Crippen LogP contribution in [-0.4, -0.2) is 38.1 Å². The van der Waals surface area contributed by atoms with Crippen molar-refractivity contribution in [1.29, 1.82) is 0 Å². The molecule has 3 aromatic rings. The minimum Gasteiger partial charge on any atom is -0.283 e. The summed E-state index contributed by atoms with van der Waals surface area (Å²) >= 11 is 8.68. The SMILES string of the molecule is C=CCn1c(SC2CCCCN(C(=O)c3ccc(Cl)cc3)C2=O)nc2sc(C)c(C)c2c1=O. The van der Waals surface area contributed by atoms with Crippen molar-refractivity contribution in [3.05, 3.63) is 68.3 Å². The number of aryl methyl sites for hydroxylation is 2. The van der Waals surface area contributed by atoms with E-state index >= 15 is 0 Å². The van der Waals surface area contributed by atoms with E-state index < -0.39 is 5.25 Å². The summed E-state index contributed by atoms with van der Waals surface area (Å²) in [5.41, 5.74) is 1.23. The van der Waals surface area contributed by atoms with Gasteiger partial charge in [-0.15, -0.1) is 17.9 Å². The number of likely N-dealkylation sites (tertiary alicyclic amines) is 1. The fourth-order valence-electron chi connectivity index (χ4n) is 3.88. The summed E-state index contributed by atoms with van der Waals surface area (Å²) in [7, 11) is 0. The number of nitrogens with zero attached hydrogens (tertiary/aromatic N) is 3. The van der Waals surface area contributed by atoms with Crippen LogP contribution >= 0.6 is 34.7 Å². The number of benzene rings is 1. The van der Waals surface area contributed by atoms with E-state index in [1.165, 1.54) is 28.0 Å². The maximum Gasteiger partial charge on any atom is 0.263 e. The lowest BCUT2D eigenvalue weighted by Crippen LogP contribution is -2.41. The number of aromatic nitrogens is 2. The molecule has 1 aliphatic heterocycles. The van der Waals surface area contributed by atoms with Gasteiger partial charge in [-0.25, -0.2) is 4.98 Å². The molecule has 1 fully saturated rings. The van der Waals surface area contributed by atoms with Crippen LogP contribution in [0, 0.1) is 13.8 Å². The molecule has 0 radical (unpaired) electrons. The Balaban J connectivity index is 1.69. The zero-order valence-electron chi connectivity index (χ0n) is 18.5. The quantitative estimate of drug-likeness (QED) is 0.272. The van der Waals surface area contributed by atoms with Crippen molar-refractivity contribution in [2.75, 3.05) is 6.54 Å². The molecule has 2 aromatic heterocycles. The monoisotopic (exact) mass is 501 g/mol. The average molecular weight is 502 g/mol. The van der Waals surface area contributed by atoms with Gasteiger partial charge in [0.05, 0.1) is 10.6 Å². The van der Waals surface area contributed by atoms with Crippen LogP contribution in [-0.2, 0) is 11.3 Å². The Kier molecular flexibility index (Phi) is 7.07. The third-order valence-electron chi connectivity index (χ3n) is 5.79. The molecule has 1 saturated heterocycles. The number of imide groups is 1. The summed E-state index contributed by atoms with van der Waals surface area (Å²) in [6.45, 7) is 8.34. The number of carbonyl (C=O) groups is 2. The van der Waals surface area contributed by atoms with E-state index in [0.717, 1.165) is 23.3 Å². The molecule has 6 nitrogen and oxygen atoms in total. The fraction of sp³-hybridized carbons (Fsp3) is 0.333. The molecule has 9 heteroatoms. The molecule has 0 bridgehead atoms. The number of halogens is 1. The highest BCUT2D eigenvalue weighted by Crippen LogP contribution is 2.33. The van der Waals surface area contributed by atoms with Gasteiger partial charge in [-0.2, -0.15) is 0 Å². The van der Waals surface area contributed by atoms with E-state index in [9.17, 15) is 14.4 Å². The van der Waals surface area contributed by atoms with Crippen LogP contribution in [0.1, 0.15) is 40.1 Å². The summed E-state index contributed by atoms with van der Waals surface area (Å²) in [6.07, 6.45) is 3.80. The molecular formula is C24H24ClN3O3S2. The Hall–Kier alpha value is -2.42. The second-order valence-corrected chi connectivity index (χ2v) is 10.8. The van der Waals surface area contributed by atoms with E-state index in [0.29, 0.717) is 45.5 Å². The first kappa shape index (κ1) is 23.7. The molecule has 1 atom stereocenters. The third-order valence-corrected chi connectivity index (χ3v) is 8.39. The molecule has 1 aromatic carbocycles. The second kappa shape index (κ2) is 9.83. The average Bonchev–Trinajstić information content (AvgIpc) is 2.96. The van der Waals surface area contributed by atoms with Gasteiger partial charge in [0.25, 0.3) is 11.5 Å². The Morgan fingerprint density at radius 3 is 2.70 bits per heavy atom. The topological polar surface area (TPSA) is 72.3 Å². The van der Waals surface area contributed by atoms with E-state index in [4.69, 9.17) is 16.6 Å². The molecule has 0 spiro atoms. The summed E-state index contributed by atoms with van der Waals surface area (Å²) in [6, 6.07) is 6.54. The van der Waals surface area contributed by atoms with E-state index in [2.05, 4.69) is 6.58 Å². The molecule has 4 rings (SSSR count). The Morgan fingerprint density at radius 1 is 1.27 bits per heavy atom. The predicted octanol–water partition coefficient (Wildman–Crippen LogP) is 5.23. The summed E-state index contributed by atoms with van der Waals surface area (Å²) < 4.78 is 1.57. The van der Waals surface area contributed by atoms with Crippen LogP contribution in [0.25, 0.3) is 10.2 Å². The lowest BCUT2D eigenvalue weighted by atomic mass is 10.2. The van der Waals surface area contributed by atoms with Crippen LogP contribution in [0.15, 0.2) is 46.9 Å². The first-order valence-corrected chi connectivity index (χ1v) is 12.8. The highest BCUT2D eigenvalue weighted by molar-refractivity contribution is 8.00. The molecule has 0 N–H and O–H groups in total. The molecule has 3 heterocycles. The highest BCUT2D eigenvalue weighted by atomic mass is 35.5. The largest absolute Gasteiger partial charge is 0.283 e. The van der Waals surface area contributed by atoms with Crippen LogP contribution < -0.4 is 5.56 Å². The summed E-state index contributed by atoms with van der Waals surface area (Å²) in [5.74, 6) is -0.587. The lowest BCUT2D eigenvalue weighted by molar-refractivity contribution is -0.127. The van der Waals surface area contributed by atoms with Crippen molar-refractivity contribution in [2.45, 2.75) is 50.1 Å². The molecule has 1 unspecified atom stereocenters. The van der Waals surface area contributed by atoms with Crippen LogP contribution in [0.3, 0.4) is 0 Å². The molecule has 0 aliphatic carbocycles. The van der Waals surface area contributed by atoms with Gasteiger partial charge in [0, 0.05) is 28.6 Å². The Bertz CT molecular complexity index is 1300. The number of carbonyl (C=O) groups excluding carboxylic acids is 2. The van der Waals surface area contributed by atoms with Crippen molar-refractivity contribution in [3.63, 3.8) is 0 Å². The molecule has 172 valence electrons. The molecule has 1 aliphatic rings. The number of fused-ring (bicyclic) bond motifs is 1. The molecule has 33 heavy (non-hydrogen) atoms. The number of thioether (sulfide) groups is 1. The first-order valence-electron chi connectivity index (χ1n) is 10.7. The Labute approximate surface area is 205 Å². The van der Waals surface area contributed by atoms with Crippen LogP contribution in [0.2, 0.25) is 5.02 Å². The number of rotatable bonds is 5. The van der Waals surface area contributed by atoms with E-state index in [1.807, 2.05) is 13.8 Å².